The first-order valence-electron chi connectivity index (χ1n) is 8.51. The van der Waals surface area contributed by atoms with Crippen LogP contribution in [0.3, 0.4) is 0 Å². The van der Waals surface area contributed by atoms with Gasteiger partial charge in [-0.25, -0.2) is 9.97 Å². The smallest absolute Gasteiger partial charge is 0.142 e. The molecule has 0 radical (unpaired) electrons. The van der Waals surface area contributed by atoms with Crippen molar-refractivity contribution in [3.05, 3.63) is 34.8 Å². The lowest BCUT2D eigenvalue weighted by Crippen LogP contribution is -2.07. The summed E-state index contributed by atoms with van der Waals surface area (Å²) in [6.07, 6.45) is 0.0865. The summed E-state index contributed by atoms with van der Waals surface area (Å²) in [6.45, 7) is 10.4. The first kappa shape index (κ1) is 20.2. The monoisotopic (exact) mass is 372 g/mol. The van der Waals surface area contributed by atoms with Crippen LogP contribution in [0.5, 0.6) is 11.5 Å². The number of hydrogen-bond acceptors (Lipinski definition) is 5. The van der Waals surface area contributed by atoms with E-state index < -0.39 is 0 Å². The van der Waals surface area contributed by atoms with Crippen molar-refractivity contribution in [2.45, 2.75) is 54.1 Å². The number of nitrogens with zero attached hydrogens (tertiary/aromatic N) is 2. The van der Waals surface area contributed by atoms with E-state index in [9.17, 15) is 0 Å². The quantitative estimate of drug-likeness (QED) is 0.533. The van der Waals surface area contributed by atoms with E-state index in [1.807, 2.05) is 39.0 Å². The zero-order valence-electron chi connectivity index (χ0n) is 15.6. The van der Waals surface area contributed by atoms with Crippen molar-refractivity contribution < 1.29 is 9.47 Å². The van der Waals surface area contributed by atoms with E-state index in [0.717, 1.165) is 44.4 Å². The van der Waals surface area contributed by atoms with Crippen molar-refractivity contribution in [3.63, 3.8) is 0 Å². The Morgan fingerprint density at radius 1 is 1.04 bits per heavy atom. The Balaban J connectivity index is 0.00000243. The number of aryl methyl sites for hydroxylation is 1. The van der Waals surface area contributed by atoms with Crippen molar-refractivity contribution in [3.8, 4) is 22.2 Å². The average Bonchev–Trinajstić information content (AvgIpc) is 3.05. The molecular weight excluding hydrogens is 344 g/mol. The third-order valence-corrected chi connectivity index (χ3v) is 4.95. The molecule has 0 aliphatic heterocycles. The van der Waals surface area contributed by atoms with Gasteiger partial charge in [-0.1, -0.05) is 21.3 Å². The molecule has 0 unspecified atom stereocenters. The van der Waals surface area contributed by atoms with Crippen LogP contribution in [0.15, 0.2) is 23.6 Å². The van der Waals surface area contributed by atoms with E-state index in [1.165, 1.54) is 0 Å². The first-order valence-corrected chi connectivity index (χ1v) is 9.39. The molecular formula is C21H28N2O2S. The molecule has 0 spiro atoms. The molecule has 0 atom stereocenters. The van der Waals surface area contributed by atoms with Gasteiger partial charge in [0.15, 0.2) is 0 Å². The third-order valence-electron chi connectivity index (χ3n) is 4.06. The second kappa shape index (κ2) is 8.04. The van der Waals surface area contributed by atoms with Crippen LogP contribution in [-0.2, 0) is 0 Å². The van der Waals surface area contributed by atoms with Crippen LogP contribution in [-0.4, -0.2) is 23.2 Å². The molecule has 0 amide bonds. The summed E-state index contributed by atoms with van der Waals surface area (Å²) in [5, 5.41) is 4.02. The van der Waals surface area contributed by atoms with Crippen LogP contribution in [0.4, 0.5) is 0 Å². The second-order valence-electron chi connectivity index (χ2n) is 6.69. The van der Waals surface area contributed by atoms with Crippen molar-refractivity contribution in [1.29, 1.82) is 0 Å². The number of methoxy groups -OCH3 is 1. The minimum atomic E-state index is 0. The van der Waals surface area contributed by atoms with Crippen LogP contribution in [0.1, 0.15) is 52.3 Å². The summed E-state index contributed by atoms with van der Waals surface area (Å²) in [4.78, 5) is 9.63. The molecule has 0 N–H and O–H groups in total. The van der Waals surface area contributed by atoms with E-state index in [0.29, 0.717) is 5.92 Å². The van der Waals surface area contributed by atoms with Gasteiger partial charge in [0.2, 0.25) is 0 Å². The van der Waals surface area contributed by atoms with Crippen LogP contribution < -0.4 is 9.47 Å². The zero-order valence-corrected chi connectivity index (χ0v) is 16.4. The lowest BCUT2D eigenvalue weighted by atomic mass is 10.1. The molecule has 140 valence electrons. The lowest BCUT2D eigenvalue weighted by Gasteiger charge is -2.15. The van der Waals surface area contributed by atoms with Gasteiger partial charge in [-0.2, -0.15) is 0 Å². The summed E-state index contributed by atoms with van der Waals surface area (Å²) in [7, 11) is 1.68. The fourth-order valence-electron chi connectivity index (χ4n) is 2.73. The fourth-order valence-corrected chi connectivity index (χ4v) is 3.67. The maximum atomic E-state index is 6.07. The first-order chi connectivity index (χ1) is 11.9. The molecule has 0 bridgehead atoms. The number of rotatable bonds is 5. The number of hydrogen-bond donors (Lipinski definition) is 0. The molecule has 0 saturated carbocycles. The van der Waals surface area contributed by atoms with E-state index in [2.05, 4.69) is 19.2 Å². The van der Waals surface area contributed by atoms with Gasteiger partial charge in [0, 0.05) is 22.4 Å². The zero-order chi connectivity index (χ0) is 18.1. The van der Waals surface area contributed by atoms with Gasteiger partial charge in [-0.05, 0) is 38.8 Å². The maximum Gasteiger partial charge on any atom is 0.142 e. The topological polar surface area (TPSA) is 44.2 Å². The highest BCUT2D eigenvalue weighted by atomic mass is 32.1. The Labute approximate surface area is 160 Å². The van der Waals surface area contributed by atoms with Crippen molar-refractivity contribution in [1.82, 2.24) is 9.97 Å². The van der Waals surface area contributed by atoms with Gasteiger partial charge < -0.3 is 9.47 Å². The highest BCUT2D eigenvalue weighted by Gasteiger charge is 2.16. The van der Waals surface area contributed by atoms with Gasteiger partial charge in [0.25, 0.3) is 0 Å². The van der Waals surface area contributed by atoms with Gasteiger partial charge in [-0.3, -0.25) is 0 Å². The van der Waals surface area contributed by atoms with Crippen LogP contribution in [0.2, 0.25) is 0 Å². The fraction of sp³-hybridized carbons (Fsp3) is 0.429. The van der Waals surface area contributed by atoms with Gasteiger partial charge in [0.05, 0.1) is 24.4 Å². The minimum Gasteiger partial charge on any atom is -0.496 e. The molecule has 3 aromatic rings. The number of benzene rings is 1. The number of fused-ring (bicyclic) bond motifs is 1. The van der Waals surface area contributed by atoms with E-state index in [4.69, 9.17) is 19.4 Å². The van der Waals surface area contributed by atoms with Crippen molar-refractivity contribution in [2.24, 2.45) is 0 Å². The van der Waals surface area contributed by atoms with Crippen LogP contribution in [0.25, 0.3) is 21.6 Å². The standard InChI is InChI=1S/C20H24N2O2S.CH4/c1-11(2)16-10-25-20(22-16)15-9-18(24-12(3)4)14-7-8-17(23-6)13(5)19(14)21-15;/h7-12H,1-6H3;1H4. The third kappa shape index (κ3) is 3.83. The largest absolute Gasteiger partial charge is 0.496 e. The predicted octanol–water partition coefficient (Wildman–Crippen LogP) is 6.22. The van der Waals surface area contributed by atoms with Crippen LogP contribution >= 0.6 is 11.3 Å². The molecule has 5 heteroatoms. The lowest BCUT2D eigenvalue weighted by molar-refractivity contribution is 0.245. The molecule has 0 fully saturated rings. The molecule has 0 aliphatic carbocycles. The molecule has 4 nitrogen and oxygen atoms in total. The molecule has 3 rings (SSSR count). The van der Waals surface area contributed by atoms with E-state index >= 15 is 0 Å². The highest BCUT2D eigenvalue weighted by molar-refractivity contribution is 7.13. The van der Waals surface area contributed by atoms with E-state index in [-0.39, 0.29) is 13.5 Å². The maximum absolute atomic E-state index is 6.07. The Hall–Kier alpha value is -2.14. The molecule has 0 aliphatic rings. The highest BCUT2D eigenvalue weighted by Crippen LogP contribution is 2.36. The Bertz CT molecular complexity index is 900. The molecule has 2 heterocycles. The molecule has 2 aromatic heterocycles. The summed E-state index contributed by atoms with van der Waals surface area (Å²) in [5.74, 6) is 2.07. The molecule has 0 saturated heterocycles. The number of thiazole rings is 1. The normalized spacial score (nSPS) is 11.1. The SMILES string of the molecule is C.COc1ccc2c(OC(C)C)cc(-c3nc(C(C)C)cs3)nc2c1C. The van der Waals surface area contributed by atoms with Gasteiger partial charge >= 0.3 is 0 Å². The number of pyridine rings is 1. The van der Waals surface area contributed by atoms with E-state index in [1.54, 1.807) is 18.4 Å². The Kier molecular flexibility index (Phi) is 6.24. The summed E-state index contributed by atoms with van der Waals surface area (Å²) in [5.41, 5.74) is 3.84. The molecule has 26 heavy (non-hydrogen) atoms. The number of aromatic nitrogens is 2. The Morgan fingerprint density at radius 3 is 2.35 bits per heavy atom. The van der Waals surface area contributed by atoms with Crippen molar-refractivity contribution >= 4 is 22.2 Å². The average molecular weight is 373 g/mol. The molecule has 1 aromatic carbocycles. The van der Waals surface area contributed by atoms with Gasteiger partial charge in [0.1, 0.15) is 22.2 Å². The van der Waals surface area contributed by atoms with Gasteiger partial charge in [-0.15, -0.1) is 11.3 Å². The van der Waals surface area contributed by atoms with Crippen LogP contribution in [0, 0.1) is 6.92 Å². The predicted molar refractivity (Wildman–Crippen MR) is 111 cm³/mol. The number of ether oxygens (including phenoxy) is 2. The summed E-state index contributed by atoms with van der Waals surface area (Å²) < 4.78 is 11.5. The Morgan fingerprint density at radius 2 is 1.77 bits per heavy atom. The summed E-state index contributed by atoms with van der Waals surface area (Å²) in [6, 6.07) is 5.97. The second-order valence-corrected chi connectivity index (χ2v) is 7.55. The van der Waals surface area contributed by atoms with Crippen molar-refractivity contribution in [2.75, 3.05) is 7.11 Å². The summed E-state index contributed by atoms with van der Waals surface area (Å²) >= 11 is 1.62. The minimum absolute atomic E-state index is 0.